The van der Waals surface area contributed by atoms with E-state index < -0.39 is 18.8 Å². The molecule has 100 valence electrons. The highest BCUT2D eigenvalue weighted by molar-refractivity contribution is 5.86. The SMILES string of the molecule is Cc1cn2c3c(cccc3c1=O)OCC2C(F)(F)F. The van der Waals surface area contributed by atoms with Crippen molar-refractivity contribution < 1.29 is 17.9 Å². The van der Waals surface area contributed by atoms with E-state index in [-0.39, 0.29) is 16.3 Å². The number of para-hydroxylation sites is 1. The van der Waals surface area contributed by atoms with Crippen LogP contribution in [-0.4, -0.2) is 17.4 Å². The third-order valence-electron chi connectivity index (χ3n) is 3.30. The second kappa shape index (κ2) is 3.76. The molecule has 1 aliphatic heterocycles. The van der Waals surface area contributed by atoms with E-state index in [4.69, 9.17) is 4.74 Å². The van der Waals surface area contributed by atoms with Gasteiger partial charge in [0.15, 0.2) is 11.5 Å². The molecule has 2 aromatic rings. The van der Waals surface area contributed by atoms with E-state index >= 15 is 0 Å². The number of aromatic nitrogens is 1. The Morgan fingerprint density at radius 3 is 2.79 bits per heavy atom. The lowest BCUT2D eigenvalue weighted by atomic mass is 10.1. The smallest absolute Gasteiger partial charge is 0.412 e. The predicted molar refractivity (Wildman–Crippen MR) is 63.5 cm³/mol. The van der Waals surface area contributed by atoms with Crippen LogP contribution in [0.5, 0.6) is 5.75 Å². The van der Waals surface area contributed by atoms with E-state index in [2.05, 4.69) is 0 Å². The Balaban J connectivity index is 2.42. The molecule has 1 atom stereocenters. The Hall–Kier alpha value is -1.98. The Morgan fingerprint density at radius 2 is 2.11 bits per heavy atom. The van der Waals surface area contributed by atoms with Gasteiger partial charge in [0.25, 0.3) is 0 Å². The van der Waals surface area contributed by atoms with Crippen molar-refractivity contribution in [2.45, 2.75) is 19.1 Å². The number of pyridine rings is 1. The number of ether oxygens (including phenoxy) is 1. The molecular weight excluding hydrogens is 259 g/mol. The van der Waals surface area contributed by atoms with Crippen molar-refractivity contribution >= 4 is 10.9 Å². The van der Waals surface area contributed by atoms with Crippen LogP contribution in [0.2, 0.25) is 0 Å². The highest BCUT2D eigenvalue weighted by Crippen LogP contribution is 2.38. The lowest BCUT2D eigenvalue weighted by Crippen LogP contribution is -2.35. The highest BCUT2D eigenvalue weighted by Gasteiger charge is 2.44. The molecule has 6 heteroatoms. The first kappa shape index (κ1) is 12.1. The fourth-order valence-corrected chi connectivity index (χ4v) is 2.38. The molecule has 1 aromatic carbocycles. The maximum absolute atomic E-state index is 13.0. The fourth-order valence-electron chi connectivity index (χ4n) is 2.38. The fraction of sp³-hybridized carbons (Fsp3) is 0.308. The quantitative estimate of drug-likeness (QED) is 0.736. The molecule has 0 fully saturated rings. The summed E-state index contributed by atoms with van der Waals surface area (Å²) in [6.45, 7) is 1.04. The molecule has 1 aromatic heterocycles. The molecule has 0 aliphatic carbocycles. The molecule has 0 saturated carbocycles. The summed E-state index contributed by atoms with van der Waals surface area (Å²) >= 11 is 0. The number of hydrogen-bond acceptors (Lipinski definition) is 2. The zero-order chi connectivity index (χ0) is 13.8. The zero-order valence-corrected chi connectivity index (χ0v) is 9.99. The molecule has 19 heavy (non-hydrogen) atoms. The van der Waals surface area contributed by atoms with Gasteiger partial charge < -0.3 is 9.30 Å². The van der Waals surface area contributed by atoms with E-state index in [0.29, 0.717) is 11.3 Å². The summed E-state index contributed by atoms with van der Waals surface area (Å²) in [6, 6.07) is 2.94. The van der Waals surface area contributed by atoms with Crippen LogP contribution in [0.3, 0.4) is 0 Å². The molecule has 2 heterocycles. The van der Waals surface area contributed by atoms with E-state index in [0.717, 1.165) is 4.57 Å². The summed E-state index contributed by atoms with van der Waals surface area (Å²) in [5.74, 6) is 0.315. The first-order chi connectivity index (χ1) is 8.89. The van der Waals surface area contributed by atoms with Crippen LogP contribution in [0.15, 0.2) is 29.2 Å². The van der Waals surface area contributed by atoms with Gasteiger partial charge in [-0.1, -0.05) is 6.07 Å². The van der Waals surface area contributed by atoms with Gasteiger partial charge >= 0.3 is 6.18 Å². The van der Waals surface area contributed by atoms with E-state index in [9.17, 15) is 18.0 Å². The van der Waals surface area contributed by atoms with Gasteiger partial charge in [0.1, 0.15) is 12.4 Å². The van der Waals surface area contributed by atoms with E-state index in [1.54, 1.807) is 12.1 Å². The number of aryl methyl sites for hydroxylation is 1. The first-order valence-corrected chi connectivity index (χ1v) is 5.73. The van der Waals surface area contributed by atoms with Crippen LogP contribution < -0.4 is 10.2 Å². The minimum Gasteiger partial charge on any atom is -0.489 e. The van der Waals surface area contributed by atoms with Gasteiger partial charge in [-0.2, -0.15) is 13.2 Å². The monoisotopic (exact) mass is 269 g/mol. The van der Waals surface area contributed by atoms with Gasteiger partial charge in [-0.3, -0.25) is 4.79 Å². The summed E-state index contributed by atoms with van der Waals surface area (Å²) in [4.78, 5) is 12.0. The van der Waals surface area contributed by atoms with Crippen molar-refractivity contribution in [1.29, 1.82) is 0 Å². The second-order valence-electron chi connectivity index (χ2n) is 4.57. The topological polar surface area (TPSA) is 31.2 Å². The van der Waals surface area contributed by atoms with Crippen molar-refractivity contribution in [3.05, 3.63) is 40.2 Å². The van der Waals surface area contributed by atoms with E-state index in [1.165, 1.54) is 19.2 Å². The van der Waals surface area contributed by atoms with Crippen molar-refractivity contribution in [2.75, 3.05) is 6.61 Å². The molecule has 1 unspecified atom stereocenters. The molecule has 3 rings (SSSR count). The van der Waals surface area contributed by atoms with Crippen LogP contribution in [0, 0.1) is 6.92 Å². The number of halogens is 3. The van der Waals surface area contributed by atoms with Crippen molar-refractivity contribution in [3.63, 3.8) is 0 Å². The van der Waals surface area contributed by atoms with Gasteiger partial charge in [0, 0.05) is 17.1 Å². The summed E-state index contributed by atoms with van der Waals surface area (Å²) in [6.07, 6.45) is -3.16. The summed E-state index contributed by atoms with van der Waals surface area (Å²) < 4.78 is 45.3. The number of nitrogens with zero attached hydrogens (tertiary/aromatic N) is 1. The van der Waals surface area contributed by atoms with E-state index in [1.807, 2.05) is 0 Å². The normalized spacial score (nSPS) is 18.4. The minimum absolute atomic E-state index is 0.215. The average molecular weight is 269 g/mol. The zero-order valence-electron chi connectivity index (χ0n) is 9.99. The third kappa shape index (κ3) is 1.70. The Bertz CT molecular complexity index is 718. The lowest BCUT2D eigenvalue weighted by Gasteiger charge is -2.30. The van der Waals surface area contributed by atoms with Crippen LogP contribution in [0.25, 0.3) is 10.9 Å². The summed E-state index contributed by atoms with van der Waals surface area (Å²) in [5, 5.41) is 0.256. The molecular formula is C13H10F3NO2. The number of rotatable bonds is 0. The standard InChI is InChI=1S/C13H10F3NO2/c1-7-5-17-10(13(14,15)16)6-19-9-4-2-3-8(11(9)17)12(7)18/h2-5,10H,6H2,1H3. The van der Waals surface area contributed by atoms with Crippen LogP contribution in [0.1, 0.15) is 11.6 Å². The summed E-state index contributed by atoms with van der Waals surface area (Å²) in [5.41, 5.74) is 0.243. The molecule has 0 amide bonds. The second-order valence-corrected chi connectivity index (χ2v) is 4.57. The molecule has 0 bridgehead atoms. The molecule has 0 saturated heterocycles. The molecule has 0 radical (unpaired) electrons. The summed E-state index contributed by atoms with van der Waals surface area (Å²) in [7, 11) is 0. The largest absolute Gasteiger partial charge is 0.489 e. The van der Waals surface area contributed by atoms with Crippen molar-refractivity contribution in [1.82, 2.24) is 4.57 Å². The van der Waals surface area contributed by atoms with Gasteiger partial charge in [-0.05, 0) is 19.1 Å². The lowest BCUT2D eigenvalue weighted by molar-refractivity contribution is -0.175. The highest BCUT2D eigenvalue weighted by atomic mass is 19.4. The minimum atomic E-state index is -4.41. The van der Waals surface area contributed by atoms with Crippen molar-refractivity contribution in [2.24, 2.45) is 0 Å². The third-order valence-corrected chi connectivity index (χ3v) is 3.30. The van der Waals surface area contributed by atoms with Gasteiger partial charge in [-0.25, -0.2) is 0 Å². The Labute approximate surface area is 106 Å². The van der Waals surface area contributed by atoms with Crippen LogP contribution >= 0.6 is 0 Å². The number of alkyl halides is 3. The predicted octanol–water partition coefficient (Wildman–Crippen LogP) is 2.81. The Morgan fingerprint density at radius 1 is 1.37 bits per heavy atom. The first-order valence-electron chi connectivity index (χ1n) is 5.73. The molecule has 1 aliphatic rings. The average Bonchev–Trinajstić information content (AvgIpc) is 2.34. The van der Waals surface area contributed by atoms with Gasteiger partial charge in [0.05, 0.1) is 5.52 Å². The van der Waals surface area contributed by atoms with Crippen LogP contribution in [-0.2, 0) is 0 Å². The van der Waals surface area contributed by atoms with Crippen molar-refractivity contribution in [3.8, 4) is 5.75 Å². The maximum atomic E-state index is 13.0. The van der Waals surface area contributed by atoms with Gasteiger partial charge in [-0.15, -0.1) is 0 Å². The molecule has 0 N–H and O–H groups in total. The van der Waals surface area contributed by atoms with Gasteiger partial charge in [0.2, 0.25) is 0 Å². The maximum Gasteiger partial charge on any atom is 0.412 e. The molecule has 3 nitrogen and oxygen atoms in total. The molecule has 0 spiro atoms. The van der Waals surface area contributed by atoms with Crippen LogP contribution in [0.4, 0.5) is 13.2 Å². The Kier molecular flexibility index (Phi) is 2.39. The number of hydrogen-bond donors (Lipinski definition) is 0. The number of benzene rings is 1.